The third-order valence-electron chi connectivity index (χ3n) is 1.99. The summed E-state index contributed by atoms with van der Waals surface area (Å²) in [6, 6.07) is 3.30. The molecule has 0 saturated heterocycles. The Hall–Kier alpha value is -1.58. The Labute approximate surface area is 88.6 Å². The lowest BCUT2D eigenvalue weighted by Gasteiger charge is -2.15. The molecule has 1 rings (SSSR count). The van der Waals surface area contributed by atoms with Gasteiger partial charge in [0.05, 0.1) is 0 Å². The molecule has 15 heavy (non-hydrogen) atoms. The molecular formula is C11H15NO3. The number of ether oxygens (including phenoxy) is 1. The van der Waals surface area contributed by atoms with E-state index in [4.69, 9.17) is 4.74 Å². The van der Waals surface area contributed by atoms with Crippen molar-refractivity contribution < 1.29 is 14.3 Å². The summed E-state index contributed by atoms with van der Waals surface area (Å²) in [7, 11) is 0. The third kappa shape index (κ3) is 3.23. The zero-order chi connectivity index (χ0) is 11.5. The minimum absolute atomic E-state index is 0.0950. The zero-order valence-corrected chi connectivity index (χ0v) is 9.16. The Kier molecular flexibility index (Phi) is 3.29. The van der Waals surface area contributed by atoms with Crippen LogP contribution in [0.15, 0.2) is 18.3 Å². The van der Waals surface area contributed by atoms with Gasteiger partial charge in [-0.3, -0.25) is 4.79 Å². The van der Waals surface area contributed by atoms with E-state index in [9.17, 15) is 9.59 Å². The molecule has 1 aromatic heterocycles. The minimum Gasteiger partial charge on any atom is -0.453 e. The first kappa shape index (κ1) is 11.5. The maximum absolute atomic E-state index is 11.5. The Morgan fingerprint density at radius 1 is 1.40 bits per heavy atom. The van der Waals surface area contributed by atoms with Gasteiger partial charge in [0.2, 0.25) is 0 Å². The predicted octanol–water partition coefficient (Wildman–Crippen LogP) is 1.79. The van der Waals surface area contributed by atoms with Crippen molar-refractivity contribution in [1.82, 2.24) is 4.98 Å². The van der Waals surface area contributed by atoms with Crippen LogP contribution in [0.1, 0.15) is 31.3 Å². The fraction of sp³-hybridized carbons (Fsp3) is 0.455. The molecule has 0 bridgehead atoms. The SMILES string of the molecule is CC(C)(C)C(=O)COC(=O)c1ccc[nH]1. The summed E-state index contributed by atoms with van der Waals surface area (Å²) >= 11 is 0. The largest absolute Gasteiger partial charge is 0.453 e. The van der Waals surface area contributed by atoms with E-state index in [1.807, 2.05) is 0 Å². The first-order chi connectivity index (χ1) is 6.91. The molecule has 82 valence electrons. The van der Waals surface area contributed by atoms with Crippen molar-refractivity contribution in [2.75, 3.05) is 6.61 Å². The molecule has 0 radical (unpaired) electrons. The van der Waals surface area contributed by atoms with Gasteiger partial charge in [-0.1, -0.05) is 20.8 Å². The lowest BCUT2D eigenvalue weighted by atomic mass is 9.91. The minimum atomic E-state index is -0.502. The number of rotatable bonds is 3. The maximum Gasteiger partial charge on any atom is 0.355 e. The molecule has 0 unspecified atom stereocenters. The number of ketones is 1. The molecule has 0 aliphatic carbocycles. The van der Waals surface area contributed by atoms with E-state index in [2.05, 4.69) is 4.98 Å². The van der Waals surface area contributed by atoms with Crippen molar-refractivity contribution in [3.8, 4) is 0 Å². The normalized spacial score (nSPS) is 11.1. The van der Waals surface area contributed by atoms with Crippen molar-refractivity contribution in [3.63, 3.8) is 0 Å². The van der Waals surface area contributed by atoms with Crippen LogP contribution in [-0.4, -0.2) is 23.3 Å². The molecule has 4 heteroatoms. The fourth-order valence-electron chi connectivity index (χ4n) is 0.883. The van der Waals surface area contributed by atoms with E-state index in [1.165, 1.54) is 0 Å². The molecule has 0 saturated carbocycles. The van der Waals surface area contributed by atoms with Crippen LogP contribution in [0.2, 0.25) is 0 Å². The standard InChI is InChI=1S/C11H15NO3/c1-11(2,3)9(13)7-15-10(14)8-5-4-6-12-8/h4-6,12H,7H2,1-3H3. The first-order valence-electron chi connectivity index (χ1n) is 4.75. The van der Waals surface area contributed by atoms with Gasteiger partial charge in [0, 0.05) is 11.6 Å². The van der Waals surface area contributed by atoms with Gasteiger partial charge in [-0.25, -0.2) is 4.79 Å². The predicted molar refractivity (Wildman–Crippen MR) is 55.5 cm³/mol. The van der Waals surface area contributed by atoms with Gasteiger partial charge in [0.1, 0.15) is 5.69 Å². The number of nitrogens with one attached hydrogen (secondary N) is 1. The smallest absolute Gasteiger partial charge is 0.355 e. The van der Waals surface area contributed by atoms with Gasteiger partial charge in [0.15, 0.2) is 12.4 Å². The van der Waals surface area contributed by atoms with Crippen LogP contribution in [0.25, 0.3) is 0 Å². The van der Waals surface area contributed by atoms with E-state index < -0.39 is 11.4 Å². The number of Topliss-reactive ketones (excluding diaryl/α,β-unsaturated/α-hetero) is 1. The molecule has 4 nitrogen and oxygen atoms in total. The number of aromatic nitrogens is 1. The first-order valence-corrected chi connectivity index (χ1v) is 4.75. The highest BCUT2D eigenvalue weighted by molar-refractivity contribution is 5.91. The van der Waals surface area contributed by atoms with E-state index in [1.54, 1.807) is 39.1 Å². The molecule has 1 aromatic rings. The van der Waals surface area contributed by atoms with E-state index in [0.717, 1.165) is 0 Å². The van der Waals surface area contributed by atoms with Crippen LogP contribution in [-0.2, 0) is 9.53 Å². The molecule has 0 atom stereocenters. The summed E-state index contributed by atoms with van der Waals surface area (Å²) in [5.74, 6) is -0.597. The number of hydrogen-bond acceptors (Lipinski definition) is 3. The second-order valence-electron chi connectivity index (χ2n) is 4.33. The average Bonchev–Trinajstić information content (AvgIpc) is 2.64. The molecule has 1 N–H and O–H groups in total. The van der Waals surface area contributed by atoms with Gasteiger partial charge < -0.3 is 9.72 Å². The topological polar surface area (TPSA) is 59.2 Å². The molecule has 1 heterocycles. The van der Waals surface area contributed by atoms with Crippen LogP contribution in [0.5, 0.6) is 0 Å². The van der Waals surface area contributed by atoms with Gasteiger partial charge in [-0.2, -0.15) is 0 Å². The lowest BCUT2D eigenvalue weighted by molar-refractivity contribution is -0.129. The summed E-state index contributed by atoms with van der Waals surface area (Å²) < 4.78 is 4.85. The van der Waals surface area contributed by atoms with Crippen molar-refractivity contribution in [2.24, 2.45) is 5.41 Å². The summed E-state index contributed by atoms with van der Waals surface area (Å²) in [5.41, 5.74) is -0.118. The highest BCUT2D eigenvalue weighted by Crippen LogP contribution is 2.14. The Bertz CT molecular complexity index is 346. The fourth-order valence-corrected chi connectivity index (χ4v) is 0.883. The van der Waals surface area contributed by atoms with Gasteiger partial charge >= 0.3 is 5.97 Å². The second-order valence-corrected chi connectivity index (χ2v) is 4.33. The molecule has 0 fully saturated rings. The Morgan fingerprint density at radius 2 is 2.07 bits per heavy atom. The summed E-state index contributed by atoms with van der Waals surface area (Å²) in [5, 5.41) is 0. The molecular weight excluding hydrogens is 194 g/mol. The second kappa shape index (κ2) is 4.29. The van der Waals surface area contributed by atoms with Crippen LogP contribution in [0.4, 0.5) is 0 Å². The van der Waals surface area contributed by atoms with Crippen molar-refractivity contribution >= 4 is 11.8 Å². The van der Waals surface area contributed by atoms with Gasteiger partial charge in [0.25, 0.3) is 0 Å². The maximum atomic E-state index is 11.5. The molecule has 0 amide bonds. The van der Waals surface area contributed by atoms with Crippen LogP contribution in [0, 0.1) is 5.41 Å². The quantitative estimate of drug-likeness (QED) is 0.772. The highest BCUT2D eigenvalue weighted by atomic mass is 16.5. The van der Waals surface area contributed by atoms with Gasteiger partial charge in [-0.15, -0.1) is 0 Å². The average molecular weight is 209 g/mol. The number of carbonyl (C=O) groups excluding carboxylic acids is 2. The van der Waals surface area contributed by atoms with Crippen LogP contribution < -0.4 is 0 Å². The molecule has 0 aromatic carbocycles. The van der Waals surface area contributed by atoms with Crippen molar-refractivity contribution in [1.29, 1.82) is 0 Å². The van der Waals surface area contributed by atoms with Crippen LogP contribution >= 0.6 is 0 Å². The summed E-state index contributed by atoms with van der Waals surface area (Å²) in [6.45, 7) is 5.19. The lowest BCUT2D eigenvalue weighted by Crippen LogP contribution is -2.26. The molecule has 0 spiro atoms. The van der Waals surface area contributed by atoms with E-state index in [0.29, 0.717) is 5.69 Å². The highest BCUT2D eigenvalue weighted by Gasteiger charge is 2.22. The number of aromatic amines is 1. The number of esters is 1. The van der Waals surface area contributed by atoms with Crippen molar-refractivity contribution in [2.45, 2.75) is 20.8 Å². The summed E-state index contributed by atoms with van der Waals surface area (Å²) in [4.78, 5) is 25.5. The Morgan fingerprint density at radius 3 is 2.53 bits per heavy atom. The summed E-state index contributed by atoms with van der Waals surface area (Å²) in [6.07, 6.45) is 1.63. The van der Waals surface area contributed by atoms with Crippen molar-refractivity contribution in [3.05, 3.63) is 24.0 Å². The number of H-pyrrole nitrogens is 1. The molecule has 0 aliphatic heterocycles. The number of hydrogen-bond donors (Lipinski definition) is 1. The van der Waals surface area contributed by atoms with E-state index in [-0.39, 0.29) is 12.4 Å². The monoisotopic (exact) mass is 209 g/mol. The third-order valence-corrected chi connectivity index (χ3v) is 1.99. The van der Waals surface area contributed by atoms with E-state index >= 15 is 0 Å². The van der Waals surface area contributed by atoms with Crippen LogP contribution in [0.3, 0.4) is 0 Å². The van der Waals surface area contributed by atoms with Gasteiger partial charge in [-0.05, 0) is 12.1 Å². The Balaban J connectivity index is 2.45. The zero-order valence-electron chi connectivity index (χ0n) is 9.16. The molecule has 0 aliphatic rings. The number of carbonyl (C=O) groups is 2.